The normalized spacial score (nSPS) is 24.7. The Labute approximate surface area is 112 Å². The van der Waals surface area contributed by atoms with Crippen molar-refractivity contribution >= 4 is 11.8 Å². The van der Waals surface area contributed by atoms with Gasteiger partial charge in [-0.25, -0.2) is 0 Å². The standard InChI is InChI=1S/C14H30N2S/c1-4-16(5-2)10-12-17-11-9-13-7-6-8-14(13)15-3/h13-15H,4-12H2,1-3H3. The Morgan fingerprint density at radius 1 is 1.18 bits per heavy atom. The van der Waals surface area contributed by atoms with Gasteiger partial charge in [0.25, 0.3) is 0 Å². The van der Waals surface area contributed by atoms with E-state index in [0.29, 0.717) is 0 Å². The highest BCUT2D eigenvalue weighted by molar-refractivity contribution is 7.99. The topological polar surface area (TPSA) is 15.3 Å². The molecular weight excluding hydrogens is 228 g/mol. The van der Waals surface area contributed by atoms with E-state index in [9.17, 15) is 0 Å². The summed E-state index contributed by atoms with van der Waals surface area (Å²) in [7, 11) is 2.12. The molecule has 0 aromatic heterocycles. The molecule has 1 fully saturated rings. The van der Waals surface area contributed by atoms with Crippen LogP contribution in [-0.2, 0) is 0 Å². The first kappa shape index (κ1) is 15.3. The Morgan fingerprint density at radius 2 is 1.94 bits per heavy atom. The first-order valence-corrected chi connectivity index (χ1v) is 8.44. The van der Waals surface area contributed by atoms with Gasteiger partial charge in [-0.05, 0) is 51.1 Å². The quantitative estimate of drug-likeness (QED) is 0.640. The smallest absolute Gasteiger partial charge is 0.00926 e. The Morgan fingerprint density at radius 3 is 2.59 bits per heavy atom. The van der Waals surface area contributed by atoms with Crippen LogP contribution in [0.5, 0.6) is 0 Å². The molecule has 17 heavy (non-hydrogen) atoms. The summed E-state index contributed by atoms with van der Waals surface area (Å²) in [6.07, 6.45) is 5.68. The second-order valence-corrected chi connectivity index (χ2v) is 6.24. The number of nitrogens with zero attached hydrogens (tertiary/aromatic N) is 1. The van der Waals surface area contributed by atoms with Crippen LogP contribution in [0.15, 0.2) is 0 Å². The predicted molar refractivity (Wildman–Crippen MR) is 79.9 cm³/mol. The van der Waals surface area contributed by atoms with Gasteiger partial charge in [0, 0.05) is 18.3 Å². The van der Waals surface area contributed by atoms with Crippen molar-refractivity contribution in [3.05, 3.63) is 0 Å². The van der Waals surface area contributed by atoms with E-state index in [1.165, 1.54) is 56.8 Å². The summed E-state index contributed by atoms with van der Waals surface area (Å²) in [5.41, 5.74) is 0. The van der Waals surface area contributed by atoms with Gasteiger partial charge >= 0.3 is 0 Å². The van der Waals surface area contributed by atoms with Gasteiger partial charge in [-0.15, -0.1) is 0 Å². The Kier molecular flexibility index (Phi) is 8.33. The largest absolute Gasteiger partial charge is 0.317 e. The number of nitrogens with one attached hydrogen (secondary N) is 1. The monoisotopic (exact) mass is 258 g/mol. The van der Waals surface area contributed by atoms with Crippen LogP contribution >= 0.6 is 11.8 Å². The van der Waals surface area contributed by atoms with Gasteiger partial charge in [-0.1, -0.05) is 20.3 Å². The van der Waals surface area contributed by atoms with Crippen molar-refractivity contribution in [2.75, 3.05) is 38.2 Å². The van der Waals surface area contributed by atoms with E-state index < -0.39 is 0 Å². The zero-order valence-electron chi connectivity index (χ0n) is 11.9. The SMILES string of the molecule is CCN(CC)CCSCCC1CCCC1NC. The molecule has 0 bridgehead atoms. The van der Waals surface area contributed by atoms with Crippen molar-refractivity contribution in [2.24, 2.45) is 5.92 Å². The van der Waals surface area contributed by atoms with Crippen LogP contribution in [0.1, 0.15) is 39.5 Å². The van der Waals surface area contributed by atoms with Crippen LogP contribution in [0.2, 0.25) is 0 Å². The van der Waals surface area contributed by atoms with E-state index in [-0.39, 0.29) is 0 Å². The van der Waals surface area contributed by atoms with Gasteiger partial charge in [0.15, 0.2) is 0 Å². The van der Waals surface area contributed by atoms with Gasteiger partial charge in [0.1, 0.15) is 0 Å². The fourth-order valence-electron chi connectivity index (χ4n) is 2.83. The molecule has 1 aliphatic carbocycles. The number of rotatable bonds is 9. The number of hydrogen-bond donors (Lipinski definition) is 1. The van der Waals surface area contributed by atoms with Gasteiger partial charge in [0.05, 0.1) is 0 Å². The molecular formula is C14H30N2S. The van der Waals surface area contributed by atoms with Crippen LogP contribution < -0.4 is 5.32 Å². The molecule has 1 aliphatic rings. The molecule has 0 saturated heterocycles. The third-order valence-electron chi connectivity index (χ3n) is 4.11. The highest BCUT2D eigenvalue weighted by Gasteiger charge is 2.24. The van der Waals surface area contributed by atoms with E-state index in [2.05, 4.69) is 42.9 Å². The molecule has 1 N–H and O–H groups in total. The van der Waals surface area contributed by atoms with Crippen molar-refractivity contribution in [3.8, 4) is 0 Å². The summed E-state index contributed by atoms with van der Waals surface area (Å²) < 4.78 is 0. The van der Waals surface area contributed by atoms with Gasteiger partial charge in [0.2, 0.25) is 0 Å². The molecule has 2 unspecified atom stereocenters. The second-order valence-electron chi connectivity index (χ2n) is 5.01. The van der Waals surface area contributed by atoms with Crippen molar-refractivity contribution in [1.82, 2.24) is 10.2 Å². The fraction of sp³-hybridized carbons (Fsp3) is 1.00. The van der Waals surface area contributed by atoms with E-state index >= 15 is 0 Å². The minimum Gasteiger partial charge on any atom is -0.317 e. The lowest BCUT2D eigenvalue weighted by Gasteiger charge is -2.20. The van der Waals surface area contributed by atoms with Crippen LogP contribution in [-0.4, -0.2) is 49.1 Å². The number of thioether (sulfide) groups is 1. The summed E-state index contributed by atoms with van der Waals surface area (Å²) in [6.45, 7) is 8.16. The third kappa shape index (κ3) is 5.62. The average Bonchev–Trinajstić information content (AvgIpc) is 2.81. The van der Waals surface area contributed by atoms with E-state index in [4.69, 9.17) is 0 Å². The average molecular weight is 258 g/mol. The lowest BCUT2D eigenvalue weighted by atomic mass is 10.0. The van der Waals surface area contributed by atoms with Crippen molar-refractivity contribution < 1.29 is 0 Å². The van der Waals surface area contributed by atoms with E-state index in [1.807, 2.05) is 0 Å². The predicted octanol–water partition coefficient (Wildman–Crippen LogP) is 2.84. The summed E-state index contributed by atoms with van der Waals surface area (Å²) in [5.74, 6) is 3.60. The molecule has 3 heteroatoms. The fourth-order valence-corrected chi connectivity index (χ4v) is 3.89. The highest BCUT2D eigenvalue weighted by atomic mass is 32.2. The molecule has 1 saturated carbocycles. The van der Waals surface area contributed by atoms with Crippen LogP contribution in [0, 0.1) is 5.92 Å². The molecule has 1 rings (SSSR count). The van der Waals surface area contributed by atoms with Crippen LogP contribution in [0.3, 0.4) is 0 Å². The first-order valence-electron chi connectivity index (χ1n) is 7.29. The summed E-state index contributed by atoms with van der Waals surface area (Å²) >= 11 is 2.14. The Bertz CT molecular complexity index is 183. The second kappa shape index (κ2) is 9.23. The molecule has 0 spiro atoms. The molecule has 0 aliphatic heterocycles. The molecule has 102 valence electrons. The van der Waals surface area contributed by atoms with E-state index in [0.717, 1.165) is 12.0 Å². The van der Waals surface area contributed by atoms with Crippen LogP contribution in [0.25, 0.3) is 0 Å². The molecule has 0 radical (unpaired) electrons. The molecule has 2 nitrogen and oxygen atoms in total. The molecule has 0 amide bonds. The van der Waals surface area contributed by atoms with Gasteiger partial charge in [-0.2, -0.15) is 11.8 Å². The zero-order chi connectivity index (χ0) is 12.5. The maximum Gasteiger partial charge on any atom is 0.00926 e. The molecule has 2 atom stereocenters. The Balaban J connectivity index is 2.00. The van der Waals surface area contributed by atoms with Gasteiger partial charge in [-0.3, -0.25) is 0 Å². The summed E-state index contributed by atoms with van der Waals surface area (Å²) in [4.78, 5) is 2.51. The zero-order valence-corrected chi connectivity index (χ0v) is 12.7. The molecule has 0 heterocycles. The summed E-state index contributed by atoms with van der Waals surface area (Å²) in [6, 6.07) is 0.804. The van der Waals surface area contributed by atoms with E-state index in [1.54, 1.807) is 0 Å². The first-order chi connectivity index (χ1) is 8.31. The molecule has 0 aromatic rings. The maximum absolute atomic E-state index is 3.47. The third-order valence-corrected chi connectivity index (χ3v) is 5.10. The lowest BCUT2D eigenvalue weighted by molar-refractivity contribution is 0.324. The maximum atomic E-state index is 3.47. The highest BCUT2D eigenvalue weighted by Crippen LogP contribution is 2.29. The van der Waals surface area contributed by atoms with Crippen LogP contribution in [0.4, 0.5) is 0 Å². The minimum atomic E-state index is 0.804. The van der Waals surface area contributed by atoms with Gasteiger partial charge < -0.3 is 10.2 Å². The van der Waals surface area contributed by atoms with Crippen molar-refractivity contribution in [2.45, 2.75) is 45.6 Å². The van der Waals surface area contributed by atoms with Crippen molar-refractivity contribution in [3.63, 3.8) is 0 Å². The molecule has 0 aromatic carbocycles. The van der Waals surface area contributed by atoms with Crippen molar-refractivity contribution in [1.29, 1.82) is 0 Å². The number of hydrogen-bond acceptors (Lipinski definition) is 3. The Hall–Kier alpha value is 0.270. The summed E-state index contributed by atoms with van der Waals surface area (Å²) in [5, 5.41) is 3.47. The minimum absolute atomic E-state index is 0.804. The lowest BCUT2D eigenvalue weighted by Crippen LogP contribution is -2.29.